The molecule has 0 spiro atoms. The molecule has 0 radical (unpaired) electrons. The maximum Gasteiger partial charge on any atom is 0.123 e. The van der Waals surface area contributed by atoms with Crippen LogP contribution in [0.5, 0.6) is 0 Å². The van der Waals surface area contributed by atoms with E-state index in [1.165, 1.54) is 18.9 Å². The highest BCUT2D eigenvalue weighted by Crippen LogP contribution is 2.17. The molecule has 0 saturated heterocycles. The first-order valence-corrected chi connectivity index (χ1v) is 5.99. The summed E-state index contributed by atoms with van der Waals surface area (Å²) in [5, 5.41) is 3.42. The van der Waals surface area contributed by atoms with Crippen molar-refractivity contribution in [1.29, 1.82) is 0 Å². The molecule has 1 fully saturated rings. The van der Waals surface area contributed by atoms with Gasteiger partial charge in [-0.25, -0.2) is 4.39 Å². The number of hydrogen-bond acceptors (Lipinski definition) is 2. The lowest BCUT2D eigenvalue weighted by molar-refractivity contribution is 0.326. The second kappa shape index (κ2) is 5.41. The van der Waals surface area contributed by atoms with Crippen molar-refractivity contribution in [3.05, 3.63) is 35.6 Å². The first-order valence-electron chi connectivity index (χ1n) is 5.99. The molecule has 1 aromatic carbocycles. The average molecular weight is 222 g/mol. The van der Waals surface area contributed by atoms with Crippen LogP contribution in [0, 0.1) is 5.82 Å². The molecule has 3 N–H and O–H groups in total. The Balaban J connectivity index is 1.86. The Morgan fingerprint density at radius 1 is 1.31 bits per heavy atom. The van der Waals surface area contributed by atoms with E-state index in [2.05, 4.69) is 5.32 Å². The fourth-order valence-electron chi connectivity index (χ4n) is 2.31. The second-order valence-electron chi connectivity index (χ2n) is 4.57. The van der Waals surface area contributed by atoms with Crippen LogP contribution in [0.2, 0.25) is 0 Å². The number of rotatable bonds is 3. The minimum absolute atomic E-state index is 0.174. The van der Waals surface area contributed by atoms with Crippen molar-refractivity contribution in [1.82, 2.24) is 5.32 Å². The first kappa shape index (κ1) is 11.6. The van der Waals surface area contributed by atoms with Gasteiger partial charge in [-0.2, -0.15) is 0 Å². The lowest BCUT2D eigenvalue weighted by Gasteiger charge is -2.29. The molecule has 2 unspecified atom stereocenters. The Hall–Kier alpha value is -0.930. The molecule has 88 valence electrons. The lowest BCUT2D eigenvalue weighted by Crippen LogP contribution is -2.46. The van der Waals surface area contributed by atoms with E-state index >= 15 is 0 Å². The molecule has 1 aliphatic carbocycles. The third-order valence-electron chi connectivity index (χ3n) is 3.28. The van der Waals surface area contributed by atoms with Crippen LogP contribution in [0.25, 0.3) is 0 Å². The van der Waals surface area contributed by atoms with E-state index < -0.39 is 0 Å². The molecule has 2 atom stereocenters. The van der Waals surface area contributed by atoms with Gasteiger partial charge in [-0.3, -0.25) is 0 Å². The van der Waals surface area contributed by atoms with E-state index in [4.69, 9.17) is 5.73 Å². The summed E-state index contributed by atoms with van der Waals surface area (Å²) in [6, 6.07) is 7.36. The Labute approximate surface area is 96.0 Å². The summed E-state index contributed by atoms with van der Waals surface area (Å²) < 4.78 is 13.0. The van der Waals surface area contributed by atoms with Crippen LogP contribution in [-0.2, 0) is 6.54 Å². The summed E-state index contributed by atoms with van der Waals surface area (Å²) in [6.07, 6.45) is 4.71. The molecule has 3 heteroatoms. The molecule has 0 heterocycles. The minimum atomic E-state index is -0.174. The highest BCUT2D eigenvalue weighted by molar-refractivity contribution is 5.16. The first-order chi connectivity index (χ1) is 7.75. The van der Waals surface area contributed by atoms with Gasteiger partial charge in [-0.05, 0) is 30.5 Å². The van der Waals surface area contributed by atoms with Crippen LogP contribution in [0.4, 0.5) is 4.39 Å². The summed E-state index contributed by atoms with van der Waals surface area (Å²) in [4.78, 5) is 0. The van der Waals surface area contributed by atoms with Gasteiger partial charge in [0.2, 0.25) is 0 Å². The molecule has 2 rings (SSSR count). The molecule has 0 amide bonds. The summed E-state index contributed by atoms with van der Waals surface area (Å²) in [5.74, 6) is -0.174. The fraction of sp³-hybridized carbons (Fsp3) is 0.538. The summed E-state index contributed by atoms with van der Waals surface area (Å²) >= 11 is 0. The minimum Gasteiger partial charge on any atom is -0.326 e. The molecule has 1 aromatic rings. The zero-order valence-electron chi connectivity index (χ0n) is 9.45. The van der Waals surface area contributed by atoms with Crippen molar-refractivity contribution >= 4 is 0 Å². The van der Waals surface area contributed by atoms with Gasteiger partial charge >= 0.3 is 0 Å². The quantitative estimate of drug-likeness (QED) is 0.822. The third kappa shape index (κ3) is 3.03. The predicted octanol–water partition coefficient (Wildman–Crippen LogP) is 2.19. The third-order valence-corrected chi connectivity index (χ3v) is 3.28. The predicted molar refractivity (Wildman–Crippen MR) is 63.5 cm³/mol. The van der Waals surface area contributed by atoms with Crippen LogP contribution in [0.1, 0.15) is 31.2 Å². The standard InChI is InChI=1S/C13H19FN2/c14-11-5-3-4-10(8-11)9-16-13-7-2-1-6-12(13)15/h3-5,8,12-13,16H,1-2,6-7,9,15H2. The average Bonchev–Trinajstić information content (AvgIpc) is 2.28. The summed E-state index contributed by atoms with van der Waals surface area (Å²) in [6.45, 7) is 0.704. The maximum atomic E-state index is 13.0. The Morgan fingerprint density at radius 2 is 2.12 bits per heavy atom. The molecule has 2 nitrogen and oxygen atoms in total. The van der Waals surface area contributed by atoms with Crippen LogP contribution in [0.15, 0.2) is 24.3 Å². The summed E-state index contributed by atoms with van der Waals surface area (Å²) in [7, 11) is 0. The molecular formula is C13H19FN2. The van der Waals surface area contributed by atoms with Crippen molar-refractivity contribution in [2.45, 2.75) is 44.3 Å². The molecular weight excluding hydrogens is 203 g/mol. The Kier molecular flexibility index (Phi) is 3.91. The largest absolute Gasteiger partial charge is 0.326 e. The van der Waals surface area contributed by atoms with E-state index in [0.717, 1.165) is 18.4 Å². The topological polar surface area (TPSA) is 38.0 Å². The number of halogens is 1. The van der Waals surface area contributed by atoms with Gasteiger partial charge in [0.1, 0.15) is 5.82 Å². The van der Waals surface area contributed by atoms with Gasteiger partial charge in [0.05, 0.1) is 0 Å². The zero-order chi connectivity index (χ0) is 11.4. The number of benzene rings is 1. The van der Waals surface area contributed by atoms with Gasteiger partial charge in [0.15, 0.2) is 0 Å². The van der Waals surface area contributed by atoms with Crippen molar-refractivity contribution in [2.75, 3.05) is 0 Å². The van der Waals surface area contributed by atoms with Gasteiger partial charge < -0.3 is 11.1 Å². The Morgan fingerprint density at radius 3 is 2.88 bits per heavy atom. The Bertz CT molecular complexity index is 340. The van der Waals surface area contributed by atoms with E-state index in [0.29, 0.717) is 12.6 Å². The summed E-state index contributed by atoms with van der Waals surface area (Å²) in [5.41, 5.74) is 7.02. The highest BCUT2D eigenvalue weighted by atomic mass is 19.1. The number of nitrogens with two attached hydrogens (primary N) is 1. The van der Waals surface area contributed by atoms with E-state index in [9.17, 15) is 4.39 Å². The molecule has 16 heavy (non-hydrogen) atoms. The molecule has 0 aliphatic heterocycles. The smallest absolute Gasteiger partial charge is 0.123 e. The van der Waals surface area contributed by atoms with Gasteiger partial charge in [0.25, 0.3) is 0 Å². The fourth-order valence-corrected chi connectivity index (χ4v) is 2.31. The second-order valence-corrected chi connectivity index (χ2v) is 4.57. The number of nitrogens with one attached hydrogen (secondary N) is 1. The maximum absolute atomic E-state index is 13.0. The van der Waals surface area contributed by atoms with Gasteiger partial charge in [0, 0.05) is 18.6 Å². The number of hydrogen-bond donors (Lipinski definition) is 2. The van der Waals surface area contributed by atoms with Crippen LogP contribution in [-0.4, -0.2) is 12.1 Å². The van der Waals surface area contributed by atoms with Gasteiger partial charge in [-0.1, -0.05) is 25.0 Å². The molecule has 1 saturated carbocycles. The van der Waals surface area contributed by atoms with Crippen LogP contribution in [0.3, 0.4) is 0 Å². The van der Waals surface area contributed by atoms with Crippen LogP contribution >= 0.6 is 0 Å². The van der Waals surface area contributed by atoms with Crippen LogP contribution < -0.4 is 11.1 Å². The SMILES string of the molecule is NC1CCCCC1NCc1cccc(F)c1. The zero-order valence-corrected chi connectivity index (χ0v) is 9.45. The lowest BCUT2D eigenvalue weighted by atomic mass is 9.91. The van der Waals surface area contributed by atoms with Crippen molar-refractivity contribution in [3.8, 4) is 0 Å². The van der Waals surface area contributed by atoms with E-state index in [1.54, 1.807) is 12.1 Å². The molecule has 0 aromatic heterocycles. The van der Waals surface area contributed by atoms with Gasteiger partial charge in [-0.15, -0.1) is 0 Å². The monoisotopic (exact) mass is 222 g/mol. The van der Waals surface area contributed by atoms with Crippen molar-refractivity contribution < 1.29 is 4.39 Å². The van der Waals surface area contributed by atoms with Crippen molar-refractivity contribution in [3.63, 3.8) is 0 Å². The van der Waals surface area contributed by atoms with E-state index in [1.807, 2.05) is 6.07 Å². The highest BCUT2D eigenvalue weighted by Gasteiger charge is 2.20. The molecule has 0 bridgehead atoms. The normalized spacial score (nSPS) is 25.6. The molecule has 1 aliphatic rings. The van der Waals surface area contributed by atoms with E-state index in [-0.39, 0.29) is 11.9 Å². The van der Waals surface area contributed by atoms with Crippen molar-refractivity contribution in [2.24, 2.45) is 5.73 Å².